The molecule has 0 saturated heterocycles. The molecule has 1 aromatic rings. The lowest BCUT2D eigenvalue weighted by Crippen LogP contribution is -2.29. The third-order valence-corrected chi connectivity index (χ3v) is 6.00. The van der Waals surface area contributed by atoms with E-state index >= 15 is 0 Å². The lowest BCUT2D eigenvalue weighted by atomic mass is 10.2. The topological polar surface area (TPSA) is 63.4 Å². The van der Waals surface area contributed by atoms with Crippen molar-refractivity contribution < 1.29 is 8.42 Å². The third kappa shape index (κ3) is 3.28. The van der Waals surface area contributed by atoms with E-state index in [4.69, 9.17) is 5.73 Å². The highest BCUT2D eigenvalue weighted by Gasteiger charge is 2.24. The number of hydrogen-bond acceptors (Lipinski definition) is 4. The van der Waals surface area contributed by atoms with Crippen molar-refractivity contribution in [2.24, 2.45) is 11.7 Å². The fourth-order valence-corrected chi connectivity index (χ4v) is 4.60. The van der Waals surface area contributed by atoms with Gasteiger partial charge in [0.15, 0.2) is 0 Å². The van der Waals surface area contributed by atoms with Crippen molar-refractivity contribution in [2.75, 3.05) is 13.6 Å². The second-order valence-corrected chi connectivity index (χ2v) is 7.96. The summed E-state index contributed by atoms with van der Waals surface area (Å²) in [6, 6.07) is 1.71. The van der Waals surface area contributed by atoms with Crippen molar-refractivity contribution in [3.8, 4) is 0 Å². The summed E-state index contributed by atoms with van der Waals surface area (Å²) < 4.78 is 26.3. The van der Waals surface area contributed by atoms with Gasteiger partial charge in [0.25, 0.3) is 10.0 Å². The van der Waals surface area contributed by atoms with Gasteiger partial charge in [0, 0.05) is 25.0 Å². The van der Waals surface area contributed by atoms with Crippen LogP contribution in [-0.2, 0) is 16.6 Å². The molecule has 0 saturated carbocycles. The number of sulfonamides is 1. The zero-order valence-corrected chi connectivity index (χ0v) is 12.4. The van der Waals surface area contributed by atoms with Gasteiger partial charge < -0.3 is 5.73 Å². The Morgan fingerprint density at radius 2 is 2.06 bits per heavy atom. The Bertz CT molecular complexity index is 478. The number of hydrogen-bond donors (Lipinski definition) is 1. The van der Waals surface area contributed by atoms with E-state index in [1.165, 1.54) is 15.6 Å². The lowest BCUT2D eigenvalue weighted by molar-refractivity contribution is 0.418. The highest BCUT2D eigenvalue weighted by atomic mass is 32.2. The van der Waals surface area contributed by atoms with Gasteiger partial charge in [-0.3, -0.25) is 0 Å². The van der Waals surface area contributed by atoms with Gasteiger partial charge in [-0.15, -0.1) is 11.3 Å². The van der Waals surface area contributed by atoms with E-state index in [1.807, 2.05) is 20.8 Å². The number of nitrogens with two attached hydrogens (primary N) is 1. The first-order chi connectivity index (χ1) is 7.78. The Labute approximate surface area is 107 Å². The first kappa shape index (κ1) is 14.6. The van der Waals surface area contributed by atoms with Crippen LogP contribution in [0.3, 0.4) is 0 Å². The molecule has 1 heterocycles. The SMILES string of the molecule is Cc1cc(S(=O)(=O)N(C)CC(C)C)sc1CN. The zero-order valence-electron chi connectivity index (χ0n) is 10.7. The van der Waals surface area contributed by atoms with Gasteiger partial charge >= 0.3 is 0 Å². The van der Waals surface area contributed by atoms with Crippen LogP contribution in [-0.4, -0.2) is 26.3 Å². The molecular formula is C11H20N2O2S2. The normalized spacial score (nSPS) is 12.6. The van der Waals surface area contributed by atoms with E-state index in [9.17, 15) is 8.42 Å². The van der Waals surface area contributed by atoms with Crippen LogP contribution in [0.4, 0.5) is 0 Å². The summed E-state index contributed by atoms with van der Waals surface area (Å²) in [5.41, 5.74) is 6.52. The molecule has 0 aliphatic rings. The van der Waals surface area contributed by atoms with Gasteiger partial charge in [-0.25, -0.2) is 8.42 Å². The fraction of sp³-hybridized carbons (Fsp3) is 0.636. The molecule has 0 radical (unpaired) electrons. The van der Waals surface area contributed by atoms with Crippen molar-refractivity contribution in [1.82, 2.24) is 4.31 Å². The molecule has 0 spiro atoms. The van der Waals surface area contributed by atoms with Crippen LogP contribution >= 0.6 is 11.3 Å². The third-order valence-electron chi connectivity index (χ3n) is 2.47. The molecule has 6 heteroatoms. The molecular weight excluding hydrogens is 256 g/mol. The lowest BCUT2D eigenvalue weighted by Gasteiger charge is -2.17. The van der Waals surface area contributed by atoms with Crippen molar-refractivity contribution in [3.63, 3.8) is 0 Å². The quantitative estimate of drug-likeness (QED) is 0.892. The van der Waals surface area contributed by atoms with E-state index in [0.29, 0.717) is 23.2 Å². The van der Waals surface area contributed by atoms with Crippen LogP contribution in [0.2, 0.25) is 0 Å². The van der Waals surface area contributed by atoms with Crippen molar-refractivity contribution in [1.29, 1.82) is 0 Å². The van der Waals surface area contributed by atoms with E-state index in [2.05, 4.69) is 0 Å². The Kier molecular flexibility index (Phi) is 4.71. The average Bonchev–Trinajstić information content (AvgIpc) is 2.59. The zero-order chi connectivity index (χ0) is 13.2. The summed E-state index contributed by atoms with van der Waals surface area (Å²) >= 11 is 1.27. The Balaban J connectivity index is 3.04. The molecule has 2 N–H and O–H groups in total. The maximum absolute atomic E-state index is 12.2. The highest BCUT2D eigenvalue weighted by Crippen LogP contribution is 2.27. The van der Waals surface area contributed by atoms with Crippen LogP contribution in [0.5, 0.6) is 0 Å². The van der Waals surface area contributed by atoms with Gasteiger partial charge in [-0.2, -0.15) is 4.31 Å². The standard InChI is InChI=1S/C11H20N2O2S2/c1-8(2)7-13(4)17(14,15)11-5-9(3)10(6-12)16-11/h5,8H,6-7,12H2,1-4H3. The van der Waals surface area contributed by atoms with Crippen LogP contribution in [0, 0.1) is 12.8 Å². The average molecular weight is 276 g/mol. The Hall–Kier alpha value is -0.430. The molecule has 1 rings (SSSR count). The molecule has 17 heavy (non-hydrogen) atoms. The fourth-order valence-electron chi connectivity index (χ4n) is 1.58. The largest absolute Gasteiger partial charge is 0.326 e. The first-order valence-corrected chi connectivity index (χ1v) is 7.80. The molecule has 0 aliphatic heterocycles. The molecule has 0 fully saturated rings. The van der Waals surface area contributed by atoms with Crippen LogP contribution in [0.25, 0.3) is 0 Å². The first-order valence-electron chi connectivity index (χ1n) is 5.54. The summed E-state index contributed by atoms with van der Waals surface area (Å²) in [4.78, 5) is 0.932. The van der Waals surface area contributed by atoms with Gasteiger partial charge in [0.1, 0.15) is 4.21 Å². The number of rotatable bonds is 5. The predicted octanol–water partition coefficient (Wildman–Crippen LogP) is 1.79. The van der Waals surface area contributed by atoms with E-state index < -0.39 is 10.0 Å². The van der Waals surface area contributed by atoms with Gasteiger partial charge in [0.2, 0.25) is 0 Å². The maximum atomic E-state index is 12.2. The molecule has 0 atom stereocenters. The maximum Gasteiger partial charge on any atom is 0.252 e. The predicted molar refractivity (Wildman–Crippen MR) is 71.6 cm³/mol. The van der Waals surface area contributed by atoms with Crippen LogP contribution in [0.15, 0.2) is 10.3 Å². The van der Waals surface area contributed by atoms with Crippen molar-refractivity contribution in [3.05, 3.63) is 16.5 Å². The minimum atomic E-state index is -3.35. The molecule has 0 aromatic carbocycles. The van der Waals surface area contributed by atoms with Gasteiger partial charge in [-0.1, -0.05) is 13.8 Å². The summed E-state index contributed by atoms with van der Waals surface area (Å²) in [6.07, 6.45) is 0. The van der Waals surface area contributed by atoms with Gasteiger partial charge in [0.05, 0.1) is 0 Å². The molecule has 0 aliphatic carbocycles. The Morgan fingerprint density at radius 3 is 2.47 bits per heavy atom. The summed E-state index contributed by atoms with van der Waals surface area (Å²) in [7, 11) is -1.73. The molecule has 0 unspecified atom stereocenters. The summed E-state index contributed by atoms with van der Waals surface area (Å²) in [5, 5.41) is 0. The Morgan fingerprint density at radius 1 is 1.47 bits per heavy atom. The number of thiophene rings is 1. The summed E-state index contributed by atoms with van der Waals surface area (Å²) in [5.74, 6) is 0.310. The van der Waals surface area contributed by atoms with E-state index in [1.54, 1.807) is 13.1 Å². The second-order valence-electron chi connectivity index (χ2n) is 4.56. The smallest absolute Gasteiger partial charge is 0.252 e. The van der Waals surface area contributed by atoms with E-state index in [-0.39, 0.29) is 0 Å². The summed E-state index contributed by atoms with van der Waals surface area (Å²) in [6.45, 7) is 6.80. The highest BCUT2D eigenvalue weighted by molar-refractivity contribution is 7.91. The number of aryl methyl sites for hydroxylation is 1. The minimum Gasteiger partial charge on any atom is -0.326 e. The molecule has 0 amide bonds. The van der Waals surface area contributed by atoms with Gasteiger partial charge in [-0.05, 0) is 24.5 Å². The second kappa shape index (κ2) is 5.48. The van der Waals surface area contributed by atoms with Crippen LogP contribution in [0.1, 0.15) is 24.3 Å². The molecule has 1 aromatic heterocycles. The van der Waals surface area contributed by atoms with Crippen LogP contribution < -0.4 is 5.73 Å². The number of nitrogens with zero attached hydrogens (tertiary/aromatic N) is 1. The monoisotopic (exact) mass is 276 g/mol. The van der Waals surface area contributed by atoms with E-state index in [0.717, 1.165) is 10.4 Å². The molecule has 98 valence electrons. The van der Waals surface area contributed by atoms with Crippen molar-refractivity contribution >= 4 is 21.4 Å². The minimum absolute atomic E-state index is 0.310. The molecule has 0 bridgehead atoms. The van der Waals surface area contributed by atoms with Crippen molar-refractivity contribution in [2.45, 2.75) is 31.5 Å². The molecule has 4 nitrogen and oxygen atoms in total.